The highest BCUT2D eigenvalue weighted by molar-refractivity contribution is 5.92. The van der Waals surface area contributed by atoms with Crippen LogP contribution in [0.15, 0.2) is 77.7 Å². The molecule has 0 saturated heterocycles. The fourth-order valence-corrected chi connectivity index (χ4v) is 2.44. The van der Waals surface area contributed by atoms with Crippen LogP contribution >= 0.6 is 0 Å². The Morgan fingerprint density at radius 1 is 0.885 bits per heavy atom. The number of pyridine rings is 1. The summed E-state index contributed by atoms with van der Waals surface area (Å²) in [5.74, 6) is -0.591. The molecule has 132 valence electrons. The van der Waals surface area contributed by atoms with Crippen molar-refractivity contribution in [3.05, 3.63) is 100.0 Å². The van der Waals surface area contributed by atoms with Gasteiger partial charge in [0.1, 0.15) is 18.8 Å². The van der Waals surface area contributed by atoms with E-state index >= 15 is 0 Å². The van der Waals surface area contributed by atoms with Crippen LogP contribution in [0.4, 0.5) is 0 Å². The molecule has 0 aliphatic rings. The highest BCUT2D eigenvalue weighted by Gasteiger charge is 2.19. The summed E-state index contributed by atoms with van der Waals surface area (Å²) >= 11 is 0. The van der Waals surface area contributed by atoms with Gasteiger partial charge in [0, 0.05) is 13.2 Å². The summed E-state index contributed by atoms with van der Waals surface area (Å²) in [6, 6.07) is 20.4. The molecule has 1 heterocycles. The summed E-state index contributed by atoms with van der Waals surface area (Å²) in [5.41, 5.74) is 1.52. The predicted octanol–water partition coefficient (Wildman–Crippen LogP) is 3.32. The first-order chi connectivity index (χ1) is 12.6. The fourth-order valence-electron chi connectivity index (χ4n) is 2.44. The second kappa shape index (κ2) is 8.16. The van der Waals surface area contributed by atoms with Crippen LogP contribution in [0.3, 0.4) is 0 Å². The fraction of sp³-hybridized carbons (Fsp3) is 0.143. The first-order valence-electron chi connectivity index (χ1n) is 8.22. The lowest BCUT2D eigenvalue weighted by Crippen LogP contribution is -2.22. The second-order valence-corrected chi connectivity index (χ2v) is 5.81. The van der Waals surface area contributed by atoms with Crippen LogP contribution in [0.5, 0.6) is 5.75 Å². The van der Waals surface area contributed by atoms with Crippen LogP contribution in [0.1, 0.15) is 21.5 Å². The Labute approximate surface area is 151 Å². The third kappa shape index (κ3) is 4.19. The lowest BCUT2D eigenvalue weighted by molar-refractivity contribution is 0.0467. The zero-order valence-corrected chi connectivity index (χ0v) is 14.4. The SMILES string of the molecule is Cn1ccc(C(=O)OCc2ccccc2)c(OCc2ccccc2)c1=O. The number of esters is 1. The van der Waals surface area contributed by atoms with Crippen LogP contribution in [0.25, 0.3) is 0 Å². The number of carbonyl (C=O) groups is 1. The molecule has 0 saturated carbocycles. The van der Waals surface area contributed by atoms with E-state index in [1.54, 1.807) is 7.05 Å². The molecule has 0 amide bonds. The van der Waals surface area contributed by atoms with Gasteiger partial charge in [-0.05, 0) is 17.2 Å². The Hall–Kier alpha value is -3.34. The number of rotatable bonds is 6. The molecule has 26 heavy (non-hydrogen) atoms. The number of aromatic nitrogens is 1. The molecule has 3 aromatic rings. The molecule has 5 heteroatoms. The van der Waals surface area contributed by atoms with Crippen molar-refractivity contribution in [2.75, 3.05) is 0 Å². The molecule has 0 spiro atoms. The lowest BCUT2D eigenvalue weighted by atomic mass is 10.2. The van der Waals surface area contributed by atoms with E-state index < -0.39 is 5.97 Å². The summed E-state index contributed by atoms with van der Waals surface area (Å²) in [4.78, 5) is 24.9. The van der Waals surface area contributed by atoms with Gasteiger partial charge in [-0.15, -0.1) is 0 Å². The van der Waals surface area contributed by atoms with E-state index in [0.29, 0.717) is 0 Å². The molecule has 0 atom stereocenters. The zero-order valence-electron chi connectivity index (χ0n) is 14.4. The van der Waals surface area contributed by atoms with Gasteiger partial charge in [0.05, 0.1) is 0 Å². The Kier molecular flexibility index (Phi) is 5.49. The van der Waals surface area contributed by atoms with Crippen molar-refractivity contribution in [2.24, 2.45) is 7.05 Å². The van der Waals surface area contributed by atoms with Gasteiger partial charge in [-0.3, -0.25) is 4.79 Å². The Bertz CT molecular complexity index is 933. The number of carbonyl (C=O) groups excluding carboxylic acids is 1. The minimum atomic E-state index is -0.588. The maximum Gasteiger partial charge on any atom is 0.342 e. The van der Waals surface area contributed by atoms with Crippen molar-refractivity contribution in [3.63, 3.8) is 0 Å². The Morgan fingerprint density at radius 2 is 1.46 bits per heavy atom. The third-order valence-electron chi connectivity index (χ3n) is 3.88. The van der Waals surface area contributed by atoms with Crippen molar-refractivity contribution in [1.82, 2.24) is 4.57 Å². The largest absolute Gasteiger partial charge is 0.482 e. The van der Waals surface area contributed by atoms with Gasteiger partial charge in [-0.2, -0.15) is 0 Å². The average Bonchev–Trinajstić information content (AvgIpc) is 2.69. The number of ether oxygens (including phenoxy) is 2. The van der Waals surface area contributed by atoms with E-state index in [9.17, 15) is 9.59 Å². The standard InChI is InChI=1S/C21H19NO4/c1-22-13-12-18(21(24)26-15-17-10-6-3-7-11-17)19(20(22)23)25-14-16-8-4-2-5-9-16/h2-13H,14-15H2,1H3. The van der Waals surface area contributed by atoms with Gasteiger partial charge >= 0.3 is 5.97 Å². The normalized spacial score (nSPS) is 10.3. The molecular weight excluding hydrogens is 330 g/mol. The smallest absolute Gasteiger partial charge is 0.342 e. The van der Waals surface area contributed by atoms with E-state index in [1.807, 2.05) is 60.7 Å². The number of hydrogen-bond donors (Lipinski definition) is 0. The first-order valence-corrected chi connectivity index (χ1v) is 8.22. The van der Waals surface area contributed by atoms with Crippen molar-refractivity contribution in [3.8, 4) is 5.75 Å². The molecule has 1 aromatic heterocycles. The Morgan fingerprint density at radius 3 is 2.08 bits per heavy atom. The van der Waals surface area contributed by atoms with Crippen LogP contribution in [-0.2, 0) is 25.0 Å². The van der Waals surface area contributed by atoms with Crippen molar-refractivity contribution < 1.29 is 14.3 Å². The van der Waals surface area contributed by atoms with Gasteiger partial charge in [-0.1, -0.05) is 60.7 Å². The van der Waals surface area contributed by atoms with Crippen LogP contribution < -0.4 is 10.3 Å². The molecular formula is C21H19NO4. The van der Waals surface area contributed by atoms with Crippen molar-refractivity contribution in [2.45, 2.75) is 13.2 Å². The monoisotopic (exact) mass is 349 g/mol. The number of aryl methyl sites for hydroxylation is 1. The van der Waals surface area contributed by atoms with Gasteiger partial charge < -0.3 is 14.0 Å². The average molecular weight is 349 g/mol. The molecule has 0 fully saturated rings. The molecule has 0 unspecified atom stereocenters. The maximum absolute atomic E-state index is 12.5. The Balaban J connectivity index is 1.78. The summed E-state index contributed by atoms with van der Waals surface area (Å²) in [7, 11) is 1.61. The van der Waals surface area contributed by atoms with E-state index in [2.05, 4.69) is 0 Å². The summed E-state index contributed by atoms with van der Waals surface area (Å²) < 4.78 is 12.4. The topological polar surface area (TPSA) is 57.5 Å². The number of hydrogen-bond acceptors (Lipinski definition) is 4. The maximum atomic E-state index is 12.5. The van der Waals surface area contributed by atoms with Crippen molar-refractivity contribution >= 4 is 5.97 Å². The van der Waals surface area contributed by atoms with Crippen molar-refractivity contribution in [1.29, 1.82) is 0 Å². The molecule has 2 aromatic carbocycles. The molecule has 5 nitrogen and oxygen atoms in total. The van der Waals surface area contributed by atoms with Gasteiger partial charge in [0.15, 0.2) is 5.75 Å². The number of benzene rings is 2. The van der Waals surface area contributed by atoms with E-state index in [0.717, 1.165) is 11.1 Å². The molecule has 0 radical (unpaired) electrons. The molecule has 0 bridgehead atoms. The summed E-state index contributed by atoms with van der Waals surface area (Å²) in [5, 5.41) is 0. The molecule has 0 N–H and O–H groups in total. The number of nitrogens with zero attached hydrogens (tertiary/aromatic N) is 1. The lowest BCUT2D eigenvalue weighted by Gasteiger charge is -2.12. The zero-order chi connectivity index (χ0) is 18.4. The van der Waals surface area contributed by atoms with Gasteiger partial charge in [0.2, 0.25) is 0 Å². The second-order valence-electron chi connectivity index (χ2n) is 5.81. The first kappa shape index (κ1) is 17.5. The minimum absolute atomic E-state index is 0.00286. The molecule has 0 aliphatic carbocycles. The molecule has 3 rings (SSSR count). The third-order valence-corrected chi connectivity index (χ3v) is 3.88. The highest BCUT2D eigenvalue weighted by Crippen LogP contribution is 2.17. The van der Waals surface area contributed by atoms with E-state index in [1.165, 1.54) is 16.8 Å². The molecule has 0 aliphatic heterocycles. The quantitative estimate of drug-likeness (QED) is 0.641. The predicted molar refractivity (Wildman–Crippen MR) is 98.0 cm³/mol. The highest BCUT2D eigenvalue weighted by atomic mass is 16.5. The van der Waals surface area contributed by atoms with E-state index in [4.69, 9.17) is 9.47 Å². The van der Waals surface area contributed by atoms with E-state index in [-0.39, 0.29) is 30.1 Å². The summed E-state index contributed by atoms with van der Waals surface area (Å²) in [6.45, 7) is 0.325. The minimum Gasteiger partial charge on any atom is -0.482 e. The van der Waals surface area contributed by atoms with Crippen LogP contribution in [0, 0.1) is 0 Å². The van der Waals surface area contributed by atoms with Crippen LogP contribution in [0.2, 0.25) is 0 Å². The summed E-state index contributed by atoms with van der Waals surface area (Å²) in [6.07, 6.45) is 1.52. The van der Waals surface area contributed by atoms with Gasteiger partial charge in [0.25, 0.3) is 5.56 Å². The van der Waals surface area contributed by atoms with Crippen LogP contribution in [-0.4, -0.2) is 10.5 Å². The van der Waals surface area contributed by atoms with Gasteiger partial charge in [-0.25, -0.2) is 4.79 Å².